The summed E-state index contributed by atoms with van der Waals surface area (Å²) in [6, 6.07) is 9.82. The van der Waals surface area contributed by atoms with E-state index in [4.69, 9.17) is 15.2 Å². The number of anilines is 1. The van der Waals surface area contributed by atoms with Crippen LogP contribution < -0.4 is 15.2 Å². The molecular weight excluding hydrogens is 352 g/mol. The molecule has 4 aromatic rings. The van der Waals surface area contributed by atoms with E-state index in [0.717, 1.165) is 38.6 Å². The van der Waals surface area contributed by atoms with E-state index < -0.39 is 0 Å². The molecule has 6 heteroatoms. The van der Waals surface area contributed by atoms with Crippen molar-refractivity contribution in [2.75, 3.05) is 18.9 Å². The topological polar surface area (TPSA) is 83.2 Å². The first-order valence-electron chi connectivity index (χ1n) is 9.33. The van der Waals surface area contributed by atoms with Crippen LogP contribution in [0, 0.1) is 6.92 Å². The summed E-state index contributed by atoms with van der Waals surface area (Å²) in [6.07, 6.45) is 3.53. The molecule has 0 radical (unpaired) electrons. The molecule has 3 aromatic heterocycles. The van der Waals surface area contributed by atoms with E-state index in [0.29, 0.717) is 30.5 Å². The molecule has 0 bridgehead atoms. The fraction of sp³-hybridized carbons (Fsp3) is 0.227. The van der Waals surface area contributed by atoms with Crippen molar-refractivity contribution in [2.24, 2.45) is 0 Å². The second-order valence-electron chi connectivity index (χ2n) is 6.43. The van der Waals surface area contributed by atoms with Gasteiger partial charge >= 0.3 is 0 Å². The number of aryl methyl sites for hydroxylation is 1. The number of ether oxygens (including phenoxy) is 2. The Hall–Kier alpha value is -3.41. The molecule has 0 aliphatic rings. The van der Waals surface area contributed by atoms with Crippen LogP contribution >= 0.6 is 0 Å². The second-order valence-corrected chi connectivity index (χ2v) is 6.43. The predicted octanol–water partition coefficient (Wildman–Crippen LogP) is 4.53. The van der Waals surface area contributed by atoms with Gasteiger partial charge < -0.3 is 15.2 Å². The third kappa shape index (κ3) is 3.07. The number of fused-ring (bicyclic) bond motifs is 3. The highest BCUT2D eigenvalue weighted by atomic mass is 16.5. The van der Waals surface area contributed by atoms with Gasteiger partial charge in [-0.1, -0.05) is 0 Å². The van der Waals surface area contributed by atoms with Crippen LogP contribution in [0.2, 0.25) is 0 Å². The number of hydrogen-bond donors (Lipinski definition) is 1. The molecule has 0 fully saturated rings. The highest BCUT2D eigenvalue weighted by Crippen LogP contribution is 2.37. The standard InChI is InChI=1S/C22H22N4O2/c1-4-27-20-10-16-15-9-19(14-7-6-8-24-13(14)3)26-22(23)17(15)12-25-18(16)11-21(20)28-5-2/h6-12H,4-5H2,1-3H3,(H2,23,26). The second kappa shape index (κ2) is 7.31. The maximum atomic E-state index is 6.28. The van der Waals surface area contributed by atoms with Gasteiger partial charge in [0.1, 0.15) is 5.82 Å². The highest BCUT2D eigenvalue weighted by molar-refractivity contribution is 6.10. The normalized spacial score (nSPS) is 11.1. The van der Waals surface area contributed by atoms with Crippen molar-refractivity contribution >= 4 is 27.5 Å². The molecular formula is C22H22N4O2. The Bertz CT molecular complexity index is 1170. The highest BCUT2D eigenvalue weighted by Gasteiger charge is 2.14. The van der Waals surface area contributed by atoms with Crippen LogP contribution in [0.3, 0.4) is 0 Å². The lowest BCUT2D eigenvalue weighted by atomic mass is 10.0. The Labute approximate surface area is 163 Å². The van der Waals surface area contributed by atoms with Gasteiger partial charge in [0, 0.05) is 40.5 Å². The molecule has 142 valence electrons. The third-order valence-electron chi connectivity index (χ3n) is 4.66. The number of rotatable bonds is 5. The monoisotopic (exact) mass is 374 g/mol. The van der Waals surface area contributed by atoms with Crippen LogP contribution in [-0.2, 0) is 0 Å². The van der Waals surface area contributed by atoms with Crippen LogP contribution in [-0.4, -0.2) is 28.2 Å². The Balaban J connectivity index is 2.02. The predicted molar refractivity (Wildman–Crippen MR) is 112 cm³/mol. The average Bonchev–Trinajstić information content (AvgIpc) is 2.69. The molecule has 0 amide bonds. The van der Waals surface area contributed by atoms with Gasteiger partial charge in [0.05, 0.1) is 24.4 Å². The first-order valence-corrected chi connectivity index (χ1v) is 9.33. The molecule has 0 unspecified atom stereocenters. The molecule has 6 nitrogen and oxygen atoms in total. The lowest BCUT2D eigenvalue weighted by Gasteiger charge is -2.14. The number of nitrogen functional groups attached to an aromatic ring is 1. The van der Waals surface area contributed by atoms with E-state index in [9.17, 15) is 0 Å². The summed E-state index contributed by atoms with van der Waals surface area (Å²) in [5, 5.41) is 2.73. The largest absolute Gasteiger partial charge is 0.490 e. The summed E-state index contributed by atoms with van der Waals surface area (Å²) in [4.78, 5) is 13.5. The number of benzene rings is 1. The number of aromatic nitrogens is 3. The SMILES string of the molecule is CCOc1cc2ncc3c(N)nc(-c4cccnc4C)cc3c2cc1OCC. The maximum Gasteiger partial charge on any atom is 0.163 e. The van der Waals surface area contributed by atoms with E-state index in [1.807, 2.05) is 51.1 Å². The molecule has 0 aliphatic heterocycles. The molecule has 0 saturated carbocycles. The molecule has 4 rings (SSSR count). The van der Waals surface area contributed by atoms with Gasteiger partial charge in [0.2, 0.25) is 0 Å². The van der Waals surface area contributed by atoms with Gasteiger partial charge in [-0.2, -0.15) is 0 Å². The van der Waals surface area contributed by atoms with E-state index >= 15 is 0 Å². The van der Waals surface area contributed by atoms with E-state index in [1.54, 1.807) is 12.4 Å². The lowest BCUT2D eigenvalue weighted by Crippen LogP contribution is -2.00. The Morgan fingerprint density at radius 3 is 2.39 bits per heavy atom. The zero-order chi connectivity index (χ0) is 19.7. The van der Waals surface area contributed by atoms with E-state index in [2.05, 4.69) is 15.0 Å². The van der Waals surface area contributed by atoms with Crippen LogP contribution in [0.5, 0.6) is 11.5 Å². The Kier molecular flexibility index (Phi) is 4.69. The molecule has 0 aliphatic carbocycles. The van der Waals surface area contributed by atoms with E-state index in [-0.39, 0.29) is 0 Å². The molecule has 2 N–H and O–H groups in total. The zero-order valence-corrected chi connectivity index (χ0v) is 16.2. The summed E-state index contributed by atoms with van der Waals surface area (Å²) in [7, 11) is 0. The summed E-state index contributed by atoms with van der Waals surface area (Å²) < 4.78 is 11.5. The van der Waals surface area contributed by atoms with Crippen LogP contribution in [0.4, 0.5) is 5.82 Å². The molecule has 0 saturated heterocycles. The fourth-order valence-electron chi connectivity index (χ4n) is 3.37. The minimum atomic E-state index is 0.442. The Morgan fingerprint density at radius 1 is 0.929 bits per heavy atom. The van der Waals surface area contributed by atoms with Crippen LogP contribution in [0.25, 0.3) is 32.9 Å². The quantitative estimate of drug-likeness (QED) is 0.517. The number of nitrogens with zero attached hydrogens (tertiary/aromatic N) is 3. The summed E-state index contributed by atoms with van der Waals surface area (Å²) in [5.41, 5.74) is 9.75. The smallest absolute Gasteiger partial charge is 0.163 e. The van der Waals surface area contributed by atoms with E-state index in [1.165, 1.54) is 0 Å². The summed E-state index contributed by atoms with van der Waals surface area (Å²) in [6.45, 7) is 6.97. The number of hydrogen-bond acceptors (Lipinski definition) is 6. The molecule has 1 aromatic carbocycles. The first kappa shape index (κ1) is 18.0. The number of pyridine rings is 3. The molecule has 0 spiro atoms. The van der Waals surface area contributed by atoms with Gasteiger partial charge in [0.25, 0.3) is 0 Å². The fourth-order valence-corrected chi connectivity index (χ4v) is 3.37. The van der Waals surface area contributed by atoms with Crippen molar-refractivity contribution in [1.29, 1.82) is 0 Å². The molecule has 3 heterocycles. The minimum absolute atomic E-state index is 0.442. The van der Waals surface area contributed by atoms with Crippen molar-refractivity contribution in [3.63, 3.8) is 0 Å². The molecule has 28 heavy (non-hydrogen) atoms. The van der Waals surface area contributed by atoms with Crippen molar-refractivity contribution in [1.82, 2.24) is 15.0 Å². The maximum absolute atomic E-state index is 6.28. The van der Waals surface area contributed by atoms with Crippen LogP contribution in [0.15, 0.2) is 42.7 Å². The lowest BCUT2D eigenvalue weighted by molar-refractivity contribution is 0.288. The van der Waals surface area contributed by atoms with Gasteiger partial charge in [-0.05, 0) is 50.4 Å². The van der Waals surface area contributed by atoms with Crippen molar-refractivity contribution in [3.05, 3.63) is 48.4 Å². The van der Waals surface area contributed by atoms with Crippen molar-refractivity contribution in [3.8, 4) is 22.8 Å². The Morgan fingerprint density at radius 2 is 1.68 bits per heavy atom. The van der Waals surface area contributed by atoms with Gasteiger partial charge in [-0.15, -0.1) is 0 Å². The minimum Gasteiger partial charge on any atom is -0.490 e. The van der Waals surface area contributed by atoms with Crippen molar-refractivity contribution < 1.29 is 9.47 Å². The first-order chi connectivity index (χ1) is 13.6. The summed E-state index contributed by atoms with van der Waals surface area (Å²) in [5.74, 6) is 1.83. The van der Waals surface area contributed by atoms with Crippen molar-refractivity contribution in [2.45, 2.75) is 20.8 Å². The average molecular weight is 374 g/mol. The van der Waals surface area contributed by atoms with Crippen LogP contribution in [0.1, 0.15) is 19.5 Å². The van der Waals surface area contributed by atoms with Gasteiger partial charge in [0.15, 0.2) is 11.5 Å². The number of nitrogens with two attached hydrogens (primary N) is 1. The molecule has 0 atom stereocenters. The van der Waals surface area contributed by atoms with Gasteiger partial charge in [-0.3, -0.25) is 9.97 Å². The summed E-state index contributed by atoms with van der Waals surface area (Å²) >= 11 is 0. The van der Waals surface area contributed by atoms with Gasteiger partial charge in [-0.25, -0.2) is 4.98 Å². The zero-order valence-electron chi connectivity index (χ0n) is 16.2. The third-order valence-corrected chi connectivity index (χ3v) is 4.66.